The lowest BCUT2D eigenvalue weighted by Crippen LogP contribution is -2.13. The van der Waals surface area contributed by atoms with Crippen LogP contribution < -0.4 is 10.5 Å². The Kier molecular flexibility index (Phi) is 4.60. The van der Waals surface area contributed by atoms with Crippen LogP contribution in [-0.4, -0.2) is 23.0 Å². The van der Waals surface area contributed by atoms with Gasteiger partial charge in [0, 0.05) is 12.7 Å². The normalized spacial score (nSPS) is 12.3. The Morgan fingerprint density at radius 1 is 1.25 bits per heavy atom. The first kappa shape index (κ1) is 18.9. The lowest BCUT2D eigenvalue weighted by Gasteiger charge is -2.13. The number of anilines is 2. The summed E-state index contributed by atoms with van der Waals surface area (Å²) < 4.78 is 26.6. The second-order valence-electron chi connectivity index (χ2n) is 7.24. The Hall–Kier alpha value is -2.49. The van der Waals surface area contributed by atoms with E-state index in [4.69, 9.17) is 10.1 Å². The number of hydrogen-bond donors (Lipinski definition) is 2. The van der Waals surface area contributed by atoms with Crippen molar-refractivity contribution in [2.45, 2.75) is 25.2 Å². The Labute approximate surface area is 167 Å². The molecular weight excluding hydrogens is 394 g/mol. The maximum absolute atomic E-state index is 11.8. The quantitative estimate of drug-likeness (QED) is 0.516. The average molecular weight is 416 g/mol. The monoisotopic (exact) mass is 415 g/mol. The number of nitrogens with zero attached hydrogens (tertiary/aromatic N) is 3. The zero-order valence-corrected chi connectivity index (χ0v) is 17.4. The summed E-state index contributed by atoms with van der Waals surface area (Å²) in [5.74, 6) is 0.422. The van der Waals surface area contributed by atoms with Crippen molar-refractivity contribution in [3.05, 3.63) is 42.2 Å². The van der Waals surface area contributed by atoms with E-state index < -0.39 is 10.0 Å². The van der Waals surface area contributed by atoms with Gasteiger partial charge in [0.25, 0.3) is 0 Å². The van der Waals surface area contributed by atoms with Crippen molar-refractivity contribution < 1.29 is 8.42 Å². The van der Waals surface area contributed by atoms with Gasteiger partial charge in [0.1, 0.15) is 5.52 Å². The molecule has 2 heterocycles. The smallest absolute Gasteiger partial charge is 0.238 e. The molecule has 0 aliphatic carbocycles. The summed E-state index contributed by atoms with van der Waals surface area (Å²) in [6.07, 6.45) is 2.58. The van der Waals surface area contributed by atoms with Crippen LogP contribution in [0.2, 0.25) is 0 Å². The largest absolute Gasteiger partial charge is 0.332 e. The van der Waals surface area contributed by atoms with Crippen molar-refractivity contribution in [1.29, 1.82) is 0 Å². The molecule has 7 nitrogen and oxygen atoms in total. The van der Waals surface area contributed by atoms with Crippen LogP contribution in [-0.2, 0) is 23.5 Å². The van der Waals surface area contributed by atoms with Gasteiger partial charge in [-0.1, -0.05) is 31.3 Å². The van der Waals surface area contributed by atoms with E-state index >= 15 is 0 Å². The maximum atomic E-state index is 11.8. The molecule has 4 aromatic rings. The number of thiazole rings is 1. The lowest BCUT2D eigenvalue weighted by molar-refractivity contribution is 0.597. The third-order valence-electron chi connectivity index (χ3n) is 4.52. The molecule has 9 heteroatoms. The van der Waals surface area contributed by atoms with Crippen LogP contribution in [0.3, 0.4) is 0 Å². The van der Waals surface area contributed by atoms with Gasteiger partial charge in [0.2, 0.25) is 10.0 Å². The fourth-order valence-corrected chi connectivity index (χ4v) is 4.68. The van der Waals surface area contributed by atoms with E-state index in [1.54, 1.807) is 18.5 Å². The molecule has 2 aromatic carbocycles. The van der Waals surface area contributed by atoms with Crippen molar-refractivity contribution in [1.82, 2.24) is 14.5 Å². The summed E-state index contributed by atoms with van der Waals surface area (Å²) in [5.41, 5.74) is 4.47. The number of fused-ring (bicyclic) bond motifs is 3. The minimum absolute atomic E-state index is 0.0812. The molecule has 0 atom stereocenters. The van der Waals surface area contributed by atoms with Crippen molar-refractivity contribution in [3.63, 3.8) is 0 Å². The topological polar surface area (TPSA) is 103 Å². The number of imidazole rings is 1. The van der Waals surface area contributed by atoms with Crippen LogP contribution in [0.1, 0.15) is 19.4 Å². The third-order valence-corrected chi connectivity index (χ3v) is 6.36. The molecule has 0 amide bonds. The summed E-state index contributed by atoms with van der Waals surface area (Å²) in [7, 11) is -1.84. The highest BCUT2D eigenvalue weighted by Crippen LogP contribution is 2.34. The number of primary sulfonamides is 1. The average Bonchev–Trinajstić information content (AvgIpc) is 3.18. The van der Waals surface area contributed by atoms with E-state index in [1.165, 1.54) is 11.3 Å². The molecule has 3 N–H and O–H groups in total. The first-order chi connectivity index (χ1) is 13.2. The van der Waals surface area contributed by atoms with Crippen LogP contribution in [0.4, 0.5) is 10.8 Å². The molecule has 0 saturated carbocycles. The van der Waals surface area contributed by atoms with E-state index in [2.05, 4.69) is 24.1 Å². The Morgan fingerprint density at radius 2 is 2.04 bits per heavy atom. The van der Waals surface area contributed by atoms with Crippen LogP contribution in [0, 0.1) is 5.92 Å². The summed E-state index contributed by atoms with van der Waals surface area (Å²) in [6.45, 7) is 4.24. The summed E-state index contributed by atoms with van der Waals surface area (Å²) in [5, 5.41) is 9.33. The van der Waals surface area contributed by atoms with Gasteiger partial charge < -0.3 is 9.88 Å². The van der Waals surface area contributed by atoms with Crippen LogP contribution >= 0.6 is 11.3 Å². The van der Waals surface area contributed by atoms with Gasteiger partial charge in [-0.2, -0.15) is 0 Å². The lowest BCUT2D eigenvalue weighted by atomic mass is 10.0. The number of aromatic nitrogens is 3. The maximum Gasteiger partial charge on any atom is 0.238 e. The van der Waals surface area contributed by atoms with Crippen molar-refractivity contribution in [2.24, 2.45) is 18.1 Å². The van der Waals surface area contributed by atoms with Gasteiger partial charge >= 0.3 is 0 Å². The predicted molar refractivity (Wildman–Crippen MR) is 114 cm³/mol. The van der Waals surface area contributed by atoms with Crippen LogP contribution in [0.5, 0.6) is 0 Å². The minimum Gasteiger partial charge on any atom is -0.332 e. The molecular formula is C19H21N5O2S2. The van der Waals surface area contributed by atoms with E-state index in [9.17, 15) is 8.42 Å². The number of hydrogen-bond acceptors (Lipinski definition) is 6. The second kappa shape index (κ2) is 6.84. The number of nitrogens with two attached hydrogens (primary N) is 1. The van der Waals surface area contributed by atoms with Gasteiger partial charge in [-0.25, -0.2) is 23.5 Å². The fraction of sp³-hybridized carbons (Fsp3) is 0.263. The molecule has 0 spiro atoms. The van der Waals surface area contributed by atoms with Crippen molar-refractivity contribution in [2.75, 3.05) is 5.32 Å². The summed E-state index contributed by atoms with van der Waals surface area (Å²) >= 11 is 1.52. The molecule has 0 bridgehead atoms. The predicted octanol–water partition coefficient (Wildman–Crippen LogP) is 3.77. The zero-order chi connectivity index (χ0) is 20.1. The number of sulfonamides is 1. The number of benzene rings is 2. The zero-order valence-electron chi connectivity index (χ0n) is 15.8. The first-order valence-corrected chi connectivity index (χ1v) is 11.2. The molecule has 0 aliphatic rings. The highest BCUT2D eigenvalue weighted by molar-refractivity contribution is 7.89. The fourth-order valence-electron chi connectivity index (χ4n) is 3.26. The molecule has 0 aliphatic heterocycles. The molecule has 0 saturated heterocycles. The van der Waals surface area contributed by atoms with Gasteiger partial charge in [0.05, 0.1) is 27.0 Å². The van der Waals surface area contributed by atoms with Gasteiger partial charge in [0.15, 0.2) is 5.13 Å². The molecule has 2 aromatic heterocycles. The number of aryl methyl sites for hydroxylation is 1. The highest BCUT2D eigenvalue weighted by Gasteiger charge is 2.15. The molecule has 146 valence electrons. The Bertz CT molecular complexity index is 1290. The van der Waals surface area contributed by atoms with Crippen LogP contribution in [0.25, 0.3) is 21.3 Å². The third kappa shape index (κ3) is 3.48. The summed E-state index contributed by atoms with van der Waals surface area (Å²) in [4.78, 5) is 9.20. The van der Waals surface area contributed by atoms with Crippen LogP contribution in [0.15, 0.2) is 41.6 Å². The van der Waals surface area contributed by atoms with Gasteiger partial charge in [-0.15, -0.1) is 0 Å². The van der Waals surface area contributed by atoms with Gasteiger partial charge in [-0.3, -0.25) is 0 Å². The second-order valence-corrected chi connectivity index (χ2v) is 9.83. The Morgan fingerprint density at radius 3 is 2.75 bits per heavy atom. The summed E-state index contributed by atoms with van der Waals surface area (Å²) in [6, 6.07) is 8.93. The van der Waals surface area contributed by atoms with E-state index in [0.717, 1.165) is 33.2 Å². The highest BCUT2D eigenvalue weighted by atomic mass is 32.2. The molecule has 4 rings (SSSR count). The van der Waals surface area contributed by atoms with Crippen molar-refractivity contribution >= 4 is 53.4 Å². The molecule has 0 unspecified atom stereocenters. The minimum atomic E-state index is -3.78. The van der Waals surface area contributed by atoms with Gasteiger partial charge in [-0.05, 0) is 42.2 Å². The molecule has 0 radical (unpaired) electrons. The Balaban J connectivity index is 1.81. The van der Waals surface area contributed by atoms with E-state index in [-0.39, 0.29) is 4.90 Å². The first-order valence-electron chi connectivity index (χ1n) is 8.85. The molecule has 28 heavy (non-hydrogen) atoms. The number of nitrogens with one attached hydrogen (secondary N) is 1. The number of rotatable bonds is 5. The standard InChI is InChI=1S/C19H21N5O2S2/c1-11(2)8-12-4-5-13(28(20,25)26)9-15(12)22-19-23-17-16(27-19)7-6-14-18(17)24(3)10-21-14/h4-7,9-11H,8H2,1-3H3,(H,22,23)(H2,20,25,26). The molecule has 0 fully saturated rings. The van der Waals surface area contributed by atoms with E-state index in [0.29, 0.717) is 16.7 Å². The SMILES string of the molecule is CC(C)Cc1ccc(S(N)(=O)=O)cc1Nc1nc2c(ccc3ncn(C)c32)s1. The van der Waals surface area contributed by atoms with Crippen molar-refractivity contribution in [3.8, 4) is 0 Å². The van der Waals surface area contributed by atoms with E-state index in [1.807, 2.05) is 29.8 Å².